The molecule has 0 aliphatic carbocycles. The predicted molar refractivity (Wildman–Crippen MR) is 106 cm³/mol. The molecule has 0 bridgehead atoms. The Morgan fingerprint density at radius 1 is 1.04 bits per heavy atom. The van der Waals surface area contributed by atoms with E-state index in [1.54, 1.807) is 12.4 Å². The molecule has 0 atom stereocenters. The maximum absolute atomic E-state index is 12.1. The molecule has 5 heteroatoms. The second-order valence-electron chi connectivity index (χ2n) is 6.03. The van der Waals surface area contributed by atoms with Crippen molar-refractivity contribution in [3.8, 4) is 5.75 Å². The third-order valence-corrected chi connectivity index (χ3v) is 4.00. The normalized spacial score (nSPS) is 11.1. The summed E-state index contributed by atoms with van der Waals surface area (Å²) in [6.45, 7) is 1.71. The van der Waals surface area contributed by atoms with Gasteiger partial charge in [0, 0.05) is 24.4 Å². The number of pyridine rings is 1. The van der Waals surface area contributed by atoms with E-state index in [-0.39, 0.29) is 12.5 Å². The maximum atomic E-state index is 12.1. The molecule has 3 aromatic rings. The highest BCUT2D eigenvalue weighted by Gasteiger charge is 2.07. The minimum Gasteiger partial charge on any atom is -0.483 e. The van der Waals surface area contributed by atoms with Gasteiger partial charge in [0.1, 0.15) is 5.75 Å². The second kappa shape index (κ2) is 9.29. The fraction of sp³-hybridized carbons (Fsp3) is 0.136. The van der Waals surface area contributed by atoms with Crippen LogP contribution in [0.1, 0.15) is 23.6 Å². The highest BCUT2D eigenvalue weighted by Crippen LogP contribution is 2.21. The Bertz CT molecular complexity index is 909. The molecule has 0 aliphatic rings. The van der Waals surface area contributed by atoms with Crippen LogP contribution in [0.25, 0.3) is 0 Å². The fourth-order valence-corrected chi connectivity index (χ4v) is 2.57. The van der Waals surface area contributed by atoms with Crippen LogP contribution in [0.5, 0.6) is 5.75 Å². The Morgan fingerprint density at radius 2 is 1.81 bits per heavy atom. The van der Waals surface area contributed by atoms with Crippen molar-refractivity contribution in [2.75, 3.05) is 6.61 Å². The number of hydrazone groups is 1. The topological polar surface area (TPSA) is 63.6 Å². The third kappa shape index (κ3) is 5.51. The summed E-state index contributed by atoms with van der Waals surface area (Å²) >= 11 is 0. The lowest BCUT2D eigenvalue weighted by Gasteiger charge is -2.11. The fourth-order valence-electron chi connectivity index (χ4n) is 2.57. The van der Waals surface area contributed by atoms with Crippen LogP contribution in [0.2, 0.25) is 0 Å². The van der Waals surface area contributed by atoms with Crippen LogP contribution in [0.4, 0.5) is 0 Å². The number of amides is 1. The zero-order chi connectivity index (χ0) is 18.9. The van der Waals surface area contributed by atoms with E-state index in [2.05, 4.69) is 27.6 Å². The lowest BCUT2D eigenvalue weighted by molar-refractivity contribution is -0.123. The molecule has 5 nitrogen and oxygen atoms in total. The Kier molecular flexibility index (Phi) is 6.30. The van der Waals surface area contributed by atoms with E-state index in [1.807, 2.05) is 61.5 Å². The van der Waals surface area contributed by atoms with Crippen molar-refractivity contribution in [1.82, 2.24) is 10.4 Å². The predicted octanol–water partition coefficient (Wildman–Crippen LogP) is 3.59. The van der Waals surface area contributed by atoms with Crippen molar-refractivity contribution in [2.45, 2.75) is 13.3 Å². The zero-order valence-electron chi connectivity index (χ0n) is 15.1. The molecule has 1 heterocycles. The van der Waals surface area contributed by atoms with Crippen molar-refractivity contribution in [1.29, 1.82) is 0 Å². The third-order valence-electron chi connectivity index (χ3n) is 4.00. The maximum Gasteiger partial charge on any atom is 0.277 e. The Labute approximate surface area is 158 Å². The summed E-state index contributed by atoms with van der Waals surface area (Å²) in [6, 6.07) is 21.6. The number of rotatable bonds is 7. The molecular weight excluding hydrogens is 338 g/mol. The van der Waals surface area contributed by atoms with E-state index in [0.29, 0.717) is 11.5 Å². The van der Waals surface area contributed by atoms with Gasteiger partial charge in [-0.05, 0) is 30.2 Å². The van der Waals surface area contributed by atoms with Crippen molar-refractivity contribution in [3.63, 3.8) is 0 Å². The second-order valence-corrected chi connectivity index (χ2v) is 6.03. The molecule has 1 N–H and O–H groups in total. The number of ether oxygens (including phenoxy) is 1. The van der Waals surface area contributed by atoms with Crippen molar-refractivity contribution in [3.05, 3.63) is 95.8 Å². The van der Waals surface area contributed by atoms with E-state index in [0.717, 1.165) is 17.5 Å². The summed E-state index contributed by atoms with van der Waals surface area (Å²) < 4.78 is 5.72. The number of carbonyl (C=O) groups is 1. The molecule has 1 amide bonds. The van der Waals surface area contributed by atoms with Crippen LogP contribution in [-0.4, -0.2) is 23.2 Å². The smallest absolute Gasteiger partial charge is 0.277 e. The number of aromatic nitrogens is 1. The largest absolute Gasteiger partial charge is 0.483 e. The average Bonchev–Trinajstić information content (AvgIpc) is 2.73. The summed E-state index contributed by atoms with van der Waals surface area (Å²) in [5, 5.41) is 4.09. The number of para-hydroxylation sites is 1. The van der Waals surface area contributed by atoms with Crippen molar-refractivity contribution >= 4 is 11.6 Å². The number of nitrogens with one attached hydrogen (secondary N) is 1. The van der Waals surface area contributed by atoms with Crippen LogP contribution < -0.4 is 10.2 Å². The molecule has 27 heavy (non-hydrogen) atoms. The van der Waals surface area contributed by atoms with Gasteiger partial charge in [-0.25, -0.2) is 5.43 Å². The summed E-state index contributed by atoms with van der Waals surface area (Å²) in [5.41, 5.74) is 6.27. The monoisotopic (exact) mass is 359 g/mol. The first-order valence-electron chi connectivity index (χ1n) is 8.70. The Hall–Kier alpha value is -3.47. The van der Waals surface area contributed by atoms with Crippen molar-refractivity contribution in [2.24, 2.45) is 5.10 Å². The van der Waals surface area contributed by atoms with Crippen LogP contribution in [0.3, 0.4) is 0 Å². The number of nitrogens with zero attached hydrogens (tertiary/aromatic N) is 2. The van der Waals surface area contributed by atoms with Gasteiger partial charge in [-0.2, -0.15) is 5.10 Å². The van der Waals surface area contributed by atoms with Crippen LogP contribution in [-0.2, 0) is 11.2 Å². The minimum absolute atomic E-state index is 0.102. The van der Waals surface area contributed by atoms with Gasteiger partial charge in [-0.1, -0.05) is 54.6 Å². The molecule has 0 saturated heterocycles. The standard InChI is InChI=1S/C22H21N3O2/c1-17(20-11-7-13-23-15-20)24-25-22(26)16-27-21-12-6-5-10-19(21)14-18-8-3-2-4-9-18/h2-13,15H,14,16H2,1H3,(H,25,26)/b24-17-. The minimum atomic E-state index is -0.312. The lowest BCUT2D eigenvalue weighted by Crippen LogP contribution is -2.25. The average molecular weight is 359 g/mol. The van der Waals surface area contributed by atoms with E-state index in [9.17, 15) is 4.79 Å². The molecule has 0 saturated carbocycles. The van der Waals surface area contributed by atoms with Crippen molar-refractivity contribution < 1.29 is 9.53 Å². The highest BCUT2D eigenvalue weighted by atomic mass is 16.5. The molecule has 0 unspecified atom stereocenters. The molecule has 2 aromatic carbocycles. The molecular formula is C22H21N3O2. The van der Waals surface area contributed by atoms with Gasteiger partial charge < -0.3 is 4.74 Å². The molecule has 0 spiro atoms. The summed E-state index contributed by atoms with van der Waals surface area (Å²) in [5.74, 6) is 0.386. The Balaban J connectivity index is 1.58. The van der Waals surface area contributed by atoms with Crippen LogP contribution >= 0.6 is 0 Å². The van der Waals surface area contributed by atoms with Gasteiger partial charge in [-0.15, -0.1) is 0 Å². The van der Waals surface area contributed by atoms with E-state index in [4.69, 9.17) is 4.74 Å². The number of hydrogen-bond acceptors (Lipinski definition) is 4. The zero-order valence-corrected chi connectivity index (χ0v) is 15.1. The van der Waals surface area contributed by atoms with Gasteiger partial charge in [-0.3, -0.25) is 9.78 Å². The van der Waals surface area contributed by atoms with E-state index < -0.39 is 0 Å². The van der Waals surface area contributed by atoms with Gasteiger partial charge >= 0.3 is 0 Å². The van der Waals surface area contributed by atoms with Crippen LogP contribution in [0.15, 0.2) is 84.2 Å². The summed E-state index contributed by atoms with van der Waals surface area (Å²) in [6.07, 6.45) is 4.13. The van der Waals surface area contributed by atoms with Gasteiger partial charge in [0.05, 0.1) is 5.71 Å². The first-order chi connectivity index (χ1) is 13.2. The van der Waals surface area contributed by atoms with E-state index in [1.165, 1.54) is 5.56 Å². The van der Waals surface area contributed by atoms with Gasteiger partial charge in [0.25, 0.3) is 5.91 Å². The van der Waals surface area contributed by atoms with E-state index >= 15 is 0 Å². The molecule has 1 aromatic heterocycles. The molecule has 0 radical (unpaired) electrons. The lowest BCUT2D eigenvalue weighted by atomic mass is 10.0. The first-order valence-corrected chi connectivity index (χ1v) is 8.70. The Morgan fingerprint density at radius 3 is 2.59 bits per heavy atom. The number of benzene rings is 2. The highest BCUT2D eigenvalue weighted by molar-refractivity contribution is 5.98. The molecule has 3 rings (SSSR count). The van der Waals surface area contributed by atoms with Gasteiger partial charge in [0.2, 0.25) is 0 Å². The first kappa shape index (κ1) is 18.3. The number of hydrogen-bond donors (Lipinski definition) is 1. The SMILES string of the molecule is C/C(=N/NC(=O)COc1ccccc1Cc1ccccc1)c1cccnc1. The molecule has 0 aliphatic heterocycles. The summed E-state index contributed by atoms with van der Waals surface area (Å²) in [4.78, 5) is 16.1. The quantitative estimate of drug-likeness (QED) is 0.518. The van der Waals surface area contributed by atoms with Gasteiger partial charge in [0.15, 0.2) is 6.61 Å². The molecule has 0 fully saturated rings. The molecule has 136 valence electrons. The summed E-state index contributed by atoms with van der Waals surface area (Å²) in [7, 11) is 0. The van der Waals surface area contributed by atoms with Crippen LogP contribution in [0, 0.1) is 0 Å². The number of carbonyl (C=O) groups excluding carboxylic acids is 1.